The van der Waals surface area contributed by atoms with Gasteiger partial charge in [0.15, 0.2) is 11.7 Å². The van der Waals surface area contributed by atoms with Gasteiger partial charge in [-0.25, -0.2) is 0 Å². The highest BCUT2D eigenvalue weighted by Crippen LogP contribution is 2.24. The smallest absolute Gasteiger partial charge is 0.264 e. The number of rotatable bonds is 6. The predicted molar refractivity (Wildman–Crippen MR) is 128 cm³/mol. The second kappa shape index (κ2) is 11.3. The van der Waals surface area contributed by atoms with Gasteiger partial charge in [0.2, 0.25) is 5.91 Å². The molecule has 0 aliphatic heterocycles. The first-order valence-electron chi connectivity index (χ1n) is 9.82. The maximum Gasteiger partial charge on any atom is 0.264 e. The van der Waals surface area contributed by atoms with Crippen molar-refractivity contribution in [3.05, 3.63) is 101 Å². The number of amides is 2. The van der Waals surface area contributed by atoms with Crippen molar-refractivity contribution >= 4 is 40.7 Å². The first kappa shape index (κ1) is 23.2. The maximum atomic E-state index is 12.9. The predicted octanol–water partition coefficient (Wildman–Crippen LogP) is 3.88. The molecule has 3 N–H and O–H groups in total. The lowest BCUT2D eigenvalue weighted by Gasteiger charge is -2.19. The summed E-state index contributed by atoms with van der Waals surface area (Å²) < 4.78 is 5.49. The van der Waals surface area contributed by atoms with Crippen molar-refractivity contribution in [1.29, 1.82) is 0 Å². The van der Waals surface area contributed by atoms with Crippen LogP contribution in [0.5, 0.6) is 5.75 Å². The van der Waals surface area contributed by atoms with Gasteiger partial charge in [0.1, 0.15) is 5.75 Å². The van der Waals surface area contributed by atoms with Gasteiger partial charge in [0.05, 0.1) is 5.92 Å². The Morgan fingerprint density at radius 2 is 1.53 bits per heavy atom. The number of hydrazine groups is 1. The lowest BCUT2D eigenvalue weighted by molar-refractivity contribution is -0.123. The van der Waals surface area contributed by atoms with Gasteiger partial charge in [0, 0.05) is 5.02 Å². The topological polar surface area (TPSA) is 79.5 Å². The van der Waals surface area contributed by atoms with E-state index in [4.69, 9.17) is 28.6 Å². The maximum absolute atomic E-state index is 12.9. The number of nitrogens with one attached hydrogen (secondary N) is 3. The Balaban J connectivity index is 1.54. The average molecular weight is 468 g/mol. The molecule has 0 saturated heterocycles. The molecule has 3 aromatic carbocycles. The number of aryl methyl sites for hydroxylation is 1. The van der Waals surface area contributed by atoms with Crippen LogP contribution in [0.15, 0.2) is 78.9 Å². The number of carbonyl (C=O) groups is 2. The normalized spacial score (nSPS) is 10.3. The molecule has 3 rings (SSSR count). The molecular weight excluding hydrogens is 446 g/mol. The van der Waals surface area contributed by atoms with Crippen LogP contribution in [0, 0.1) is 6.92 Å². The molecule has 0 fully saturated rings. The van der Waals surface area contributed by atoms with Crippen molar-refractivity contribution in [3.8, 4) is 5.75 Å². The van der Waals surface area contributed by atoms with Crippen LogP contribution in [0.1, 0.15) is 22.6 Å². The van der Waals surface area contributed by atoms with Crippen LogP contribution in [0.3, 0.4) is 0 Å². The molecule has 0 unspecified atom stereocenters. The number of carbonyl (C=O) groups excluding carboxylic acids is 2. The van der Waals surface area contributed by atoms with Gasteiger partial charge in [-0.2, -0.15) is 0 Å². The van der Waals surface area contributed by atoms with E-state index in [0.29, 0.717) is 10.8 Å². The number of benzene rings is 3. The number of halogens is 1. The third-order valence-corrected chi connectivity index (χ3v) is 5.02. The van der Waals surface area contributed by atoms with Crippen LogP contribution in [0.25, 0.3) is 0 Å². The van der Waals surface area contributed by atoms with Crippen molar-refractivity contribution in [3.63, 3.8) is 0 Å². The van der Waals surface area contributed by atoms with Gasteiger partial charge in [-0.05, 0) is 54.0 Å². The molecule has 0 bridgehead atoms. The summed E-state index contributed by atoms with van der Waals surface area (Å²) in [5.74, 6) is -0.772. The summed E-state index contributed by atoms with van der Waals surface area (Å²) in [6, 6.07) is 23.9. The molecule has 0 aliphatic rings. The van der Waals surface area contributed by atoms with Gasteiger partial charge in [-0.1, -0.05) is 72.3 Å². The summed E-state index contributed by atoms with van der Waals surface area (Å²) in [4.78, 5) is 25.1. The Morgan fingerprint density at radius 1 is 0.938 bits per heavy atom. The van der Waals surface area contributed by atoms with Crippen LogP contribution >= 0.6 is 23.8 Å². The summed E-state index contributed by atoms with van der Waals surface area (Å²) in [6.45, 7) is 1.59. The molecule has 2 amide bonds. The molecule has 3 aromatic rings. The second-order valence-corrected chi connectivity index (χ2v) is 7.79. The Morgan fingerprint density at radius 3 is 2.09 bits per heavy atom. The molecule has 32 heavy (non-hydrogen) atoms. The van der Waals surface area contributed by atoms with Crippen LogP contribution in [-0.4, -0.2) is 23.5 Å². The van der Waals surface area contributed by atoms with Crippen LogP contribution in [0.2, 0.25) is 5.02 Å². The van der Waals surface area contributed by atoms with Gasteiger partial charge >= 0.3 is 0 Å². The average Bonchev–Trinajstić information content (AvgIpc) is 2.79. The summed E-state index contributed by atoms with van der Waals surface area (Å²) in [7, 11) is 0. The summed E-state index contributed by atoms with van der Waals surface area (Å²) >= 11 is 11.0. The van der Waals surface area contributed by atoms with Crippen molar-refractivity contribution in [1.82, 2.24) is 16.2 Å². The number of ether oxygens (including phenoxy) is 1. The van der Waals surface area contributed by atoms with E-state index in [1.165, 1.54) is 0 Å². The number of hydrogen-bond donors (Lipinski definition) is 3. The molecule has 0 saturated carbocycles. The number of hydrogen-bond acceptors (Lipinski definition) is 4. The Kier molecular flexibility index (Phi) is 8.19. The summed E-state index contributed by atoms with van der Waals surface area (Å²) in [5, 5.41) is 3.02. The molecule has 0 spiro atoms. The molecule has 0 radical (unpaired) electrons. The van der Waals surface area contributed by atoms with E-state index in [0.717, 1.165) is 16.7 Å². The van der Waals surface area contributed by atoms with E-state index in [1.807, 2.05) is 67.6 Å². The van der Waals surface area contributed by atoms with Gasteiger partial charge in [-0.15, -0.1) is 0 Å². The zero-order chi connectivity index (χ0) is 22.9. The molecule has 0 aromatic heterocycles. The molecular formula is C24H22ClN3O3S. The Labute approximate surface area is 196 Å². The van der Waals surface area contributed by atoms with E-state index in [2.05, 4.69) is 16.2 Å². The fourth-order valence-corrected chi connectivity index (χ4v) is 3.48. The van der Waals surface area contributed by atoms with Gasteiger partial charge in [0.25, 0.3) is 5.91 Å². The van der Waals surface area contributed by atoms with E-state index in [-0.39, 0.29) is 17.6 Å². The number of thiocarbonyl (C=S) groups is 1. The summed E-state index contributed by atoms with van der Waals surface area (Å²) in [6.07, 6.45) is 0. The fraction of sp³-hybridized carbons (Fsp3) is 0.125. The molecule has 8 heteroatoms. The Bertz CT molecular complexity index is 1050. The molecule has 0 aliphatic carbocycles. The minimum atomic E-state index is -0.542. The molecule has 6 nitrogen and oxygen atoms in total. The van der Waals surface area contributed by atoms with E-state index < -0.39 is 11.8 Å². The SMILES string of the molecule is Cc1cc(Cl)ccc1OCC(=O)NC(=S)NNC(=O)C(c1ccccc1)c1ccccc1. The van der Waals surface area contributed by atoms with E-state index in [9.17, 15) is 9.59 Å². The first-order chi connectivity index (χ1) is 15.4. The molecule has 0 heterocycles. The van der Waals surface area contributed by atoms with E-state index >= 15 is 0 Å². The van der Waals surface area contributed by atoms with Crippen molar-refractivity contribution in [2.24, 2.45) is 0 Å². The standard InChI is InChI=1S/C24H22ClN3O3S/c1-16-14-19(25)12-13-20(16)31-15-21(29)26-24(32)28-27-23(30)22(17-8-4-2-5-9-17)18-10-6-3-7-11-18/h2-14,22H,15H2,1H3,(H,27,30)(H2,26,28,29,32). The molecule has 0 atom stereocenters. The van der Waals surface area contributed by atoms with Crippen molar-refractivity contribution < 1.29 is 14.3 Å². The summed E-state index contributed by atoms with van der Waals surface area (Å²) in [5.41, 5.74) is 7.63. The third kappa shape index (κ3) is 6.54. The lowest BCUT2D eigenvalue weighted by Crippen LogP contribution is -2.50. The minimum absolute atomic E-state index is 0.0420. The first-order valence-corrected chi connectivity index (χ1v) is 10.6. The second-order valence-electron chi connectivity index (χ2n) is 6.94. The zero-order valence-electron chi connectivity index (χ0n) is 17.3. The van der Waals surface area contributed by atoms with Crippen LogP contribution < -0.4 is 20.9 Å². The van der Waals surface area contributed by atoms with Crippen molar-refractivity contribution in [2.45, 2.75) is 12.8 Å². The highest BCUT2D eigenvalue weighted by Gasteiger charge is 2.22. The zero-order valence-corrected chi connectivity index (χ0v) is 18.9. The third-order valence-electron chi connectivity index (χ3n) is 4.58. The minimum Gasteiger partial charge on any atom is -0.483 e. The highest BCUT2D eigenvalue weighted by atomic mass is 35.5. The van der Waals surface area contributed by atoms with Gasteiger partial charge < -0.3 is 4.74 Å². The lowest BCUT2D eigenvalue weighted by atomic mass is 9.91. The highest BCUT2D eigenvalue weighted by molar-refractivity contribution is 7.80. The monoisotopic (exact) mass is 467 g/mol. The van der Waals surface area contributed by atoms with Crippen molar-refractivity contribution in [2.75, 3.05) is 6.61 Å². The van der Waals surface area contributed by atoms with E-state index in [1.54, 1.807) is 18.2 Å². The molecule has 164 valence electrons. The van der Waals surface area contributed by atoms with Crippen LogP contribution in [0.4, 0.5) is 0 Å². The largest absolute Gasteiger partial charge is 0.483 e. The quantitative estimate of drug-likeness (QED) is 0.378. The Hall–Kier alpha value is -3.42. The fourth-order valence-electron chi connectivity index (χ4n) is 3.09. The van der Waals surface area contributed by atoms with Crippen LogP contribution in [-0.2, 0) is 9.59 Å². The van der Waals surface area contributed by atoms with Gasteiger partial charge in [-0.3, -0.25) is 25.8 Å².